The second-order valence-corrected chi connectivity index (χ2v) is 6.47. The number of aromatic nitrogens is 2. The first-order valence-electron chi connectivity index (χ1n) is 7.36. The Morgan fingerprint density at radius 3 is 2.68 bits per heavy atom. The van der Waals surface area contributed by atoms with E-state index in [0.717, 1.165) is 24.3 Å². The number of halogens is 1. The molecule has 0 N–H and O–H groups in total. The van der Waals surface area contributed by atoms with Crippen molar-refractivity contribution in [2.45, 2.75) is 19.1 Å². The van der Waals surface area contributed by atoms with E-state index >= 15 is 0 Å². The SMILES string of the molecule is Cc1cc2n(n1)CC1(c3ccc(Cl)cc3)N(C)CCN1C2=O. The minimum atomic E-state index is -0.479. The summed E-state index contributed by atoms with van der Waals surface area (Å²) in [4.78, 5) is 17.1. The van der Waals surface area contributed by atoms with E-state index < -0.39 is 5.66 Å². The standard InChI is InChI=1S/C16H17ClN4O/c1-11-9-14-15(22)20-8-7-19(2)16(20,10-21(14)18-11)12-3-5-13(17)6-4-12/h3-6,9H,7-8,10H2,1-2H3. The zero-order valence-corrected chi connectivity index (χ0v) is 13.3. The van der Waals surface area contributed by atoms with E-state index in [1.165, 1.54) is 0 Å². The number of amides is 1. The Morgan fingerprint density at radius 1 is 1.23 bits per heavy atom. The molecular formula is C16H17ClN4O. The molecule has 2 aliphatic heterocycles. The molecule has 0 radical (unpaired) electrons. The maximum atomic E-state index is 12.9. The highest BCUT2D eigenvalue weighted by molar-refractivity contribution is 6.30. The van der Waals surface area contributed by atoms with Gasteiger partial charge in [-0.2, -0.15) is 5.10 Å². The van der Waals surface area contributed by atoms with Crippen LogP contribution in [0.4, 0.5) is 0 Å². The monoisotopic (exact) mass is 316 g/mol. The molecule has 5 nitrogen and oxygen atoms in total. The van der Waals surface area contributed by atoms with E-state index in [1.807, 2.05) is 46.8 Å². The third kappa shape index (κ3) is 1.69. The molecule has 1 fully saturated rings. The van der Waals surface area contributed by atoms with Crippen LogP contribution in [0.25, 0.3) is 0 Å². The Kier molecular flexibility index (Phi) is 2.86. The minimum Gasteiger partial charge on any atom is -0.312 e. The highest BCUT2D eigenvalue weighted by Crippen LogP contribution is 2.41. The molecule has 1 atom stereocenters. The van der Waals surface area contributed by atoms with Crippen molar-refractivity contribution in [3.63, 3.8) is 0 Å². The number of rotatable bonds is 1. The Labute approximate surface area is 134 Å². The summed E-state index contributed by atoms with van der Waals surface area (Å²) in [6.07, 6.45) is 0. The van der Waals surface area contributed by atoms with E-state index in [0.29, 0.717) is 17.3 Å². The van der Waals surface area contributed by atoms with Crippen molar-refractivity contribution in [1.82, 2.24) is 19.6 Å². The van der Waals surface area contributed by atoms with Gasteiger partial charge in [-0.05, 0) is 37.7 Å². The summed E-state index contributed by atoms with van der Waals surface area (Å²) in [6.45, 7) is 4.13. The van der Waals surface area contributed by atoms with Gasteiger partial charge in [-0.1, -0.05) is 23.7 Å². The van der Waals surface area contributed by atoms with Crippen LogP contribution in [-0.2, 0) is 12.2 Å². The lowest BCUT2D eigenvalue weighted by Gasteiger charge is -2.45. The van der Waals surface area contributed by atoms with Crippen molar-refractivity contribution < 1.29 is 4.79 Å². The van der Waals surface area contributed by atoms with Gasteiger partial charge < -0.3 is 4.90 Å². The molecule has 2 aromatic rings. The largest absolute Gasteiger partial charge is 0.312 e. The molecule has 1 saturated heterocycles. The second kappa shape index (κ2) is 4.57. The van der Waals surface area contributed by atoms with E-state index in [4.69, 9.17) is 11.6 Å². The molecule has 6 heteroatoms. The van der Waals surface area contributed by atoms with E-state index in [1.54, 1.807) is 0 Å². The quantitative estimate of drug-likeness (QED) is 0.809. The lowest BCUT2D eigenvalue weighted by atomic mass is 9.95. The summed E-state index contributed by atoms with van der Waals surface area (Å²) in [5.41, 5.74) is 2.15. The molecule has 0 spiro atoms. The third-order valence-electron chi connectivity index (χ3n) is 4.78. The van der Waals surface area contributed by atoms with Crippen molar-refractivity contribution in [3.8, 4) is 0 Å². The molecule has 1 amide bonds. The predicted octanol–water partition coefficient (Wildman–Crippen LogP) is 2.10. The molecule has 0 saturated carbocycles. The van der Waals surface area contributed by atoms with Crippen molar-refractivity contribution in [2.75, 3.05) is 20.1 Å². The number of nitrogens with zero attached hydrogens (tertiary/aromatic N) is 4. The smallest absolute Gasteiger partial charge is 0.273 e. The normalized spacial score (nSPS) is 24.5. The minimum absolute atomic E-state index is 0.0474. The van der Waals surface area contributed by atoms with Crippen molar-refractivity contribution in [1.29, 1.82) is 0 Å². The van der Waals surface area contributed by atoms with Gasteiger partial charge in [0.1, 0.15) is 11.4 Å². The summed E-state index contributed by atoms with van der Waals surface area (Å²) in [7, 11) is 2.06. The van der Waals surface area contributed by atoms with Crippen LogP contribution in [0, 0.1) is 6.92 Å². The number of benzene rings is 1. The van der Waals surface area contributed by atoms with Crippen LogP contribution in [0.5, 0.6) is 0 Å². The number of hydrogen-bond donors (Lipinski definition) is 0. The predicted molar refractivity (Wildman–Crippen MR) is 83.8 cm³/mol. The maximum Gasteiger partial charge on any atom is 0.273 e. The molecule has 1 aromatic carbocycles. The first-order valence-corrected chi connectivity index (χ1v) is 7.74. The Balaban J connectivity index is 1.91. The number of carbonyl (C=O) groups is 1. The molecule has 22 heavy (non-hydrogen) atoms. The van der Waals surface area contributed by atoms with Gasteiger partial charge in [0.25, 0.3) is 5.91 Å². The van der Waals surface area contributed by atoms with Gasteiger partial charge in [-0.25, -0.2) is 0 Å². The molecule has 4 rings (SSSR count). The van der Waals surface area contributed by atoms with Gasteiger partial charge in [0.05, 0.1) is 12.2 Å². The second-order valence-electron chi connectivity index (χ2n) is 6.03. The Morgan fingerprint density at radius 2 is 1.95 bits per heavy atom. The molecular weight excluding hydrogens is 300 g/mol. The number of likely N-dealkylation sites (N-methyl/N-ethyl adjacent to an activating group) is 1. The first kappa shape index (κ1) is 13.8. The zero-order chi connectivity index (χ0) is 15.5. The van der Waals surface area contributed by atoms with Gasteiger partial charge in [-0.15, -0.1) is 0 Å². The molecule has 2 aliphatic rings. The first-order chi connectivity index (χ1) is 10.5. The number of aryl methyl sites for hydroxylation is 1. The molecule has 3 heterocycles. The van der Waals surface area contributed by atoms with E-state index in [2.05, 4.69) is 17.0 Å². The summed E-state index contributed by atoms with van der Waals surface area (Å²) >= 11 is 6.03. The lowest BCUT2D eigenvalue weighted by Crippen LogP contribution is -2.58. The topological polar surface area (TPSA) is 41.4 Å². The van der Waals surface area contributed by atoms with Gasteiger partial charge in [0.2, 0.25) is 0 Å². The maximum absolute atomic E-state index is 12.9. The lowest BCUT2D eigenvalue weighted by molar-refractivity contribution is -0.00438. The molecule has 1 unspecified atom stereocenters. The molecule has 1 aromatic heterocycles. The van der Waals surface area contributed by atoms with Crippen molar-refractivity contribution >= 4 is 17.5 Å². The van der Waals surface area contributed by atoms with Crippen LogP contribution < -0.4 is 0 Å². The van der Waals surface area contributed by atoms with Crippen LogP contribution in [0.2, 0.25) is 5.02 Å². The fourth-order valence-corrected chi connectivity index (χ4v) is 3.80. The van der Waals surface area contributed by atoms with Gasteiger partial charge >= 0.3 is 0 Å². The van der Waals surface area contributed by atoms with Gasteiger partial charge in [0.15, 0.2) is 0 Å². The summed E-state index contributed by atoms with van der Waals surface area (Å²) in [5.74, 6) is 0.0474. The summed E-state index contributed by atoms with van der Waals surface area (Å²) in [6, 6.07) is 9.64. The number of fused-ring (bicyclic) bond motifs is 2. The molecule has 0 aliphatic carbocycles. The number of carbonyl (C=O) groups excluding carboxylic acids is 1. The van der Waals surface area contributed by atoms with Crippen LogP contribution in [-0.4, -0.2) is 45.6 Å². The average Bonchev–Trinajstić information content (AvgIpc) is 3.02. The Hall–Kier alpha value is -1.85. The third-order valence-corrected chi connectivity index (χ3v) is 5.03. The Bertz CT molecular complexity index is 754. The highest BCUT2D eigenvalue weighted by atomic mass is 35.5. The highest BCUT2D eigenvalue weighted by Gasteiger charge is 2.53. The van der Waals surface area contributed by atoms with Crippen LogP contribution in [0.1, 0.15) is 21.7 Å². The van der Waals surface area contributed by atoms with Crippen LogP contribution in [0.3, 0.4) is 0 Å². The fraction of sp³-hybridized carbons (Fsp3) is 0.375. The van der Waals surface area contributed by atoms with Gasteiger partial charge in [-0.3, -0.25) is 14.4 Å². The summed E-state index contributed by atoms with van der Waals surface area (Å²) in [5, 5.41) is 5.20. The van der Waals surface area contributed by atoms with Crippen LogP contribution in [0.15, 0.2) is 30.3 Å². The zero-order valence-electron chi connectivity index (χ0n) is 12.6. The number of hydrogen-bond acceptors (Lipinski definition) is 3. The fourth-order valence-electron chi connectivity index (χ4n) is 3.67. The van der Waals surface area contributed by atoms with Crippen LogP contribution >= 0.6 is 11.6 Å². The molecule has 0 bridgehead atoms. The molecule has 114 valence electrons. The van der Waals surface area contributed by atoms with Crippen molar-refractivity contribution in [2.24, 2.45) is 0 Å². The van der Waals surface area contributed by atoms with E-state index in [-0.39, 0.29) is 5.91 Å². The van der Waals surface area contributed by atoms with Crippen molar-refractivity contribution in [3.05, 3.63) is 52.3 Å². The van der Waals surface area contributed by atoms with E-state index in [9.17, 15) is 4.79 Å². The summed E-state index contributed by atoms with van der Waals surface area (Å²) < 4.78 is 1.84. The van der Waals surface area contributed by atoms with Gasteiger partial charge in [0, 0.05) is 18.1 Å². The average molecular weight is 317 g/mol.